The molecule has 236 valence electrons. The lowest BCUT2D eigenvalue weighted by molar-refractivity contribution is -0.0621. The highest BCUT2D eigenvalue weighted by Crippen LogP contribution is 2.57. The second-order valence-electron chi connectivity index (χ2n) is 17.3. The molecule has 0 aromatic rings. The van der Waals surface area contributed by atoms with E-state index in [1.807, 2.05) is 55.4 Å². The first-order chi connectivity index (χ1) is 17.9. The maximum Gasteiger partial charge on any atom is 0.419 e. The third-order valence-electron chi connectivity index (χ3n) is 8.45. The third kappa shape index (κ3) is 9.08. The number of nitrogens with one attached hydrogen (secondary N) is 1. The van der Waals surface area contributed by atoms with Crippen molar-refractivity contribution in [1.82, 2.24) is 4.49 Å². The summed E-state index contributed by atoms with van der Waals surface area (Å²) in [5.74, 6) is -0.274. The van der Waals surface area contributed by atoms with E-state index in [0.29, 0.717) is 0 Å². The fourth-order valence-corrected chi connectivity index (χ4v) is 9.84. The molecule has 0 aromatic heterocycles. The molecule has 12 heteroatoms. The van der Waals surface area contributed by atoms with Gasteiger partial charge in [-0.05, 0) is 33.5 Å². The van der Waals surface area contributed by atoms with Crippen molar-refractivity contribution in [3.05, 3.63) is 0 Å². The molecule has 9 atom stereocenters. The molecule has 0 aliphatic carbocycles. The first-order valence-corrected chi connectivity index (χ1v) is 18.1. The summed E-state index contributed by atoms with van der Waals surface area (Å²) in [5.41, 5.74) is -1.81. The highest BCUT2D eigenvalue weighted by molar-refractivity contribution is 7.94. The van der Waals surface area contributed by atoms with Gasteiger partial charge in [-0.2, -0.15) is 0 Å². The second kappa shape index (κ2) is 11.8. The van der Waals surface area contributed by atoms with Crippen LogP contribution in [0.3, 0.4) is 0 Å². The molecule has 0 saturated carbocycles. The molecule has 8 nitrogen and oxygen atoms in total. The quantitative estimate of drug-likeness (QED) is 0.269. The second-order valence-corrected chi connectivity index (χ2v) is 21.0. The Labute approximate surface area is 254 Å². The fraction of sp³-hybridized carbons (Fsp3) is 1.00. The maximum absolute atomic E-state index is 14.4. The molecule has 2 aliphatic rings. The summed E-state index contributed by atoms with van der Waals surface area (Å²) in [4.78, 5) is 0. The van der Waals surface area contributed by atoms with Crippen LogP contribution in [0.1, 0.15) is 96.9 Å². The third-order valence-corrected chi connectivity index (χ3v) is 11.7. The van der Waals surface area contributed by atoms with Gasteiger partial charge in [0.1, 0.15) is 21.8 Å². The Morgan fingerprint density at radius 1 is 0.707 bits per heavy atom. The molecule has 0 aromatic carbocycles. The van der Waals surface area contributed by atoms with Crippen LogP contribution in [-0.4, -0.2) is 67.3 Å². The molecular weight excluding hydrogens is 559 g/mol. The zero-order valence-corrected chi connectivity index (χ0v) is 29.9. The average molecular weight is 615 g/mol. The van der Waals surface area contributed by atoms with Crippen LogP contribution in [0.5, 0.6) is 0 Å². The average Bonchev–Trinajstić information content (AvgIpc) is 3.22. The molecular formula is C29H56B2NO7PS. The molecule has 2 rings (SSSR count). The molecule has 0 bridgehead atoms. The first-order valence-electron chi connectivity index (χ1n) is 14.6. The molecule has 2 fully saturated rings. The van der Waals surface area contributed by atoms with Gasteiger partial charge < -0.3 is 9.47 Å². The van der Waals surface area contributed by atoms with Gasteiger partial charge in [0.05, 0.1) is 25.1 Å². The first kappa shape index (κ1) is 37.3. The van der Waals surface area contributed by atoms with Crippen molar-refractivity contribution in [1.29, 1.82) is 0 Å². The summed E-state index contributed by atoms with van der Waals surface area (Å²) < 4.78 is 66.4. The smallest absolute Gasteiger partial charge is 0.383 e. The van der Waals surface area contributed by atoms with Crippen LogP contribution in [0.4, 0.5) is 0 Å². The molecule has 1 N–H and O–H groups in total. The van der Waals surface area contributed by atoms with Gasteiger partial charge in [-0.15, -0.1) is 4.49 Å². The topological polar surface area (TPSA) is 100 Å². The van der Waals surface area contributed by atoms with Crippen molar-refractivity contribution >= 4 is 33.5 Å². The molecule has 2 aliphatic heterocycles. The van der Waals surface area contributed by atoms with E-state index in [9.17, 15) is 13.0 Å². The molecule has 2 heterocycles. The molecule has 4 radical (unpaired) electrons. The van der Waals surface area contributed by atoms with E-state index in [1.165, 1.54) is 0 Å². The van der Waals surface area contributed by atoms with E-state index in [-0.39, 0.29) is 41.3 Å². The fourth-order valence-electron chi connectivity index (χ4n) is 6.71. The van der Waals surface area contributed by atoms with Crippen molar-refractivity contribution in [2.45, 2.75) is 127 Å². The predicted octanol–water partition coefficient (Wildman–Crippen LogP) is 5.89. The molecule has 41 heavy (non-hydrogen) atoms. The lowest BCUT2D eigenvalue weighted by Gasteiger charge is -2.45. The van der Waals surface area contributed by atoms with Crippen molar-refractivity contribution in [2.24, 2.45) is 44.8 Å². The SMILES string of the molecule is [B][C@@H]1O[C@H](C(C)(C)C)C(O[P@](=O)(NS(C)(=O)=O)OCC(C)(C)[C@H]2O[C@@H]([B])[C@@H](C(C)(C)C)C2C(C)(C)C)[C@@H]1C(C)(C)C. The molecule has 2 saturated heterocycles. The van der Waals surface area contributed by atoms with E-state index in [2.05, 4.69) is 46.0 Å². The largest absolute Gasteiger partial charge is 0.419 e. The Hall–Kier alpha value is 0.110. The van der Waals surface area contributed by atoms with Gasteiger partial charge in [0, 0.05) is 23.3 Å². The Morgan fingerprint density at radius 3 is 1.51 bits per heavy atom. The van der Waals surface area contributed by atoms with Crippen LogP contribution in [0.2, 0.25) is 0 Å². The van der Waals surface area contributed by atoms with Crippen molar-refractivity contribution < 1.29 is 31.5 Å². The summed E-state index contributed by atoms with van der Waals surface area (Å²) in [5, 5.41) is 0. The summed E-state index contributed by atoms with van der Waals surface area (Å²) in [7, 11) is 4.57. The number of hydrogen-bond donors (Lipinski definition) is 1. The van der Waals surface area contributed by atoms with Gasteiger partial charge in [0.25, 0.3) is 0 Å². The van der Waals surface area contributed by atoms with Crippen LogP contribution in [0, 0.1) is 44.8 Å². The summed E-state index contributed by atoms with van der Waals surface area (Å²) in [6.45, 7) is 28.7. The zero-order chi connectivity index (χ0) is 32.4. The van der Waals surface area contributed by atoms with Gasteiger partial charge in [-0.25, -0.2) is 13.0 Å². The summed E-state index contributed by atoms with van der Waals surface area (Å²) >= 11 is 0. The van der Waals surface area contributed by atoms with E-state index in [1.54, 1.807) is 0 Å². The monoisotopic (exact) mass is 615 g/mol. The predicted molar refractivity (Wildman–Crippen MR) is 167 cm³/mol. The van der Waals surface area contributed by atoms with E-state index < -0.39 is 58.2 Å². The Balaban J connectivity index is 2.48. The van der Waals surface area contributed by atoms with Crippen LogP contribution in [-0.2, 0) is 33.1 Å². The minimum Gasteiger partial charge on any atom is -0.383 e. The van der Waals surface area contributed by atoms with Gasteiger partial charge >= 0.3 is 7.75 Å². The number of sulfonamides is 1. The van der Waals surface area contributed by atoms with Crippen LogP contribution in [0.25, 0.3) is 0 Å². The van der Waals surface area contributed by atoms with Crippen LogP contribution < -0.4 is 4.49 Å². The molecule has 0 amide bonds. The van der Waals surface area contributed by atoms with Gasteiger partial charge in [-0.3, -0.25) is 9.05 Å². The summed E-state index contributed by atoms with van der Waals surface area (Å²) in [6.07, 6.45) is -0.764. The molecule has 2 unspecified atom stereocenters. The zero-order valence-electron chi connectivity index (χ0n) is 28.2. The van der Waals surface area contributed by atoms with Crippen molar-refractivity contribution in [3.8, 4) is 0 Å². The minimum absolute atomic E-state index is 0.0519. The highest BCUT2D eigenvalue weighted by Gasteiger charge is 2.57. The van der Waals surface area contributed by atoms with Gasteiger partial charge in [0.15, 0.2) is 0 Å². The maximum atomic E-state index is 14.4. The number of hydrogen-bond acceptors (Lipinski definition) is 7. The molecule has 0 spiro atoms. The number of rotatable bonds is 8. The summed E-state index contributed by atoms with van der Waals surface area (Å²) in [6, 6.07) is -1.18. The van der Waals surface area contributed by atoms with Crippen molar-refractivity contribution in [2.75, 3.05) is 12.9 Å². The number of ether oxygens (including phenoxy) is 2. The van der Waals surface area contributed by atoms with Crippen LogP contribution >= 0.6 is 7.75 Å². The Kier molecular flexibility index (Phi) is 10.7. The lowest BCUT2D eigenvalue weighted by atomic mass is 9.57. The minimum atomic E-state index is -4.45. The van der Waals surface area contributed by atoms with Gasteiger partial charge in [0.2, 0.25) is 10.0 Å². The van der Waals surface area contributed by atoms with E-state index >= 15 is 0 Å². The standard InChI is InChI=1S/C29H56B2NO7PS/c1-25(2,3)17-18(26(4,5)6)23(30)37-21(17)29(13,14)16-36-40(33,32-41(15,34)35)39-20-19(27(7,8)9)24(31)38-22(20)28(10,11)12/h17-24H,16H2,1-15H3,(H,32,33)/t17?,18-,19-,20?,21-,22-,23+,24+,40-/m0/s1. The van der Waals surface area contributed by atoms with Crippen molar-refractivity contribution in [3.63, 3.8) is 0 Å². The van der Waals surface area contributed by atoms with Crippen LogP contribution in [0.15, 0.2) is 0 Å². The Morgan fingerprint density at radius 2 is 1.12 bits per heavy atom. The normalized spacial score (nSPS) is 34.1. The lowest BCUT2D eigenvalue weighted by Crippen LogP contribution is -2.46. The van der Waals surface area contributed by atoms with E-state index in [4.69, 9.17) is 34.2 Å². The van der Waals surface area contributed by atoms with Gasteiger partial charge in [-0.1, -0.05) is 96.9 Å². The Bertz CT molecular complexity index is 1070. The highest BCUT2D eigenvalue weighted by atomic mass is 32.2. The van der Waals surface area contributed by atoms with E-state index in [0.717, 1.165) is 6.26 Å².